The molecule has 1 aromatic carbocycles. The van der Waals surface area contributed by atoms with Crippen LogP contribution in [0, 0.1) is 0 Å². The summed E-state index contributed by atoms with van der Waals surface area (Å²) < 4.78 is 55.1. The summed E-state index contributed by atoms with van der Waals surface area (Å²) in [6, 6.07) is 6.09. The normalized spacial score (nSPS) is 20.9. The molecular weight excluding hydrogens is 441 g/mol. The van der Waals surface area contributed by atoms with Crippen molar-refractivity contribution in [3.05, 3.63) is 60.3 Å². The van der Waals surface area contributed by atoms with Crippen LogP contribution in [0.4, 0.5) is 19.1 Å². The van der Waals surface area contributed by atoms with Gasteiger partial charge < -0.3 is 24.4 Å². The maximum atomic E-state index is 12.8. The zero-order valence-corrected chi connectivity index (χ0v) is 17.6. The largest absolute Gasteiger partial charge is 0.469 e. The van der Waals surface area contributed by atoms with E-state index in [1.807, 2.05) is 0 Å². The van der Waals surface area contributed by atoms with E-state index in [1.165, 1.54) is 18.2 Å². The Morgan fingerprint density at radius 3 is 2.64 bits per heavy atom. The number of hydrogen-bond acceptors (Lipinski definition) is 7. The summed E-state index contributed by atoms with van der Waals surface area (Å²) in [4.78, 5) is 22.3. The molecule has 8 nitrogen and oxygen atoms in total. The van der Waals surface area contributed by atoms with Gasteiger partial charge in [0.05, 0.1) is 37.5 Å². The van der Waals surface area contributed by atoms with E-state index >= 15 is 0 Å². The third-order valence-electron chi connectivity index (χ3n) is 5.34. The summed E-state index contributed by atoms with van der Waals surface area (Å²) in [5.74, 6) is 0.472. The summed E-state index contributed by atoms with van der Waals surface area (Å²) in [5, 5.41) is 3.18. The molecule has 0 aliphatic carbocycles. The molecule has 2 aliphatic heterocycles. The highest BCUT2D eigenvalue weighted by molar-refractivity contribution is 5.87. The van der Waals surface area contributed by atoms with Crippen LogP contribution in [0.2, 0.25) is 0 Å². The van der Waals surface area contributed by atoms with Gasteiger partial charge in [0.2, 0.25) is 17.7 Å². The minimum atomic E-state index is -4.39. The number of hydrogen-bond donors (Lipinski definition) is 1. The lowest BCUT2D eigenvalue weighted by Gasteiger charge is -2.26. The van der Waals surface area contributed by atoms with Crippen LogP contribution in [-0.4, -0.2) is 65.3 Å². The van der Waals surface area contributed by atoms with E-state index < -0.39 is 17.8 Å². The van der Waals surface area contributed by atoms with Crippen molar-refractivity contribution in [3.63, 3.8) is 0 Å². The van der Waals surface area contributed by atoms with Gasteiger partial charge in [-0.15, -0.1) is 0 Å². The second-order valence-electron chi connectivity index (χ2n) is 7.74. The molecule has 2 aliphatic rings. The maximum absolute atomic E-state index is 12.8. The smallest absolute Gasteiger partial charge is 0.416 e. The van der Waals surface area contributed by atoms with E-state index in [1.54, 1.807) is 17.2 Å². The highest BCUT2D eigenvalue weighted by Crippen LogP contribution is 2.29. The van der Waals surface area contributed by atoms with Crippen molar-refractivity contribution in [2.45, 2.75) is 31.0 Å². The molecule has 176 valence electrons. The Kier molecular flexibility index (Phi) is 6.80. The van der Waals surface area contributed by atoms with Gasteiger partial charge in [-0.1, -0.05) is 18.7 Å². The van der Waals surface area contributed by atoms with Gasteiger partial charge in [0.1, 0.15) is 6.10 Å². The molecule has 33 heavy (non-hydrogen) atoms. The van der Waals surface area contributed by atoms with E-state index in [-0.39, 0.29) is 24.7 Å². The number of likely N-dealkylation sites (tertiary alicyclic amines) is 1. The minimum Gasteiger partial charge on any atom is -0.469 e. The van der Waals surface area contributed by atoms with E-state index in [4.69, 9.17) is 14.2 Å². The predicted octanol–water partition coefficient (Wildman–Crippen LogP) is 2.67. The molecule has 0 unspecified atom stereocenters. The molecule has 1 N–H and O–H groups in total. The number of anilines is 1. The van der Waals surface area contributed by atoms with Crippen molar-refractivity contribution in [1.29, 1.82) is 0 Å². The molecule has 1 amide bonds. The Hall–Kier alpha value is -3.18. The number of aromatic nitrogens is 2. The molecule has 11 heteroatoms. The molecule has 2 fully saturated rings. The molecule has 2 aromatic rings. The van der Waals surface area contributed by atoms with Crippen LogP contribution in [0.1, 0.15) is 11.1 Å². The Bertz CT molecular complexity index is 982. The van der Waals surface area contributed by atoms with E-state index in [0.717, 1.165) is 12.1 Å². The average Bonchev–Trinajstić information content (AvgIpc) is 3.17. The Morgan fingerprint density at radius 2 is 2.00 bits per heavy atom. The van der Waals surface area contributed by atoms with Crippen LogP contribution in [0.15, 0.2) is 49.2 Å². The van der Waals surface area contributed by atoms with Crippen molar-refractivity contribution in [2.24, 2.45) is 0 Å². The lowest BCUT2D eigenvalue weighted by Crippen LogP contribution is -2.39. The molecule has 1 aromatic heterocycles. The van der Waals surface area contributed by atoms with Gasteiger partial charge in [0, 0.05) is 25.4 Å². The van der Waals surface area contributed by atoms with Crippen LogP contribution >= 0.6 is 0 Å². The molecular formula is C22H23F3N4O4. The first-order valence-electron chi connectivity index (χ1n) is 10.3. The van der Waals surface area contributed by atoms with Crippen molar-refractivity contribution >= 4 is 11.9 Å². The fraction of sp³-hybridized carbons (Fsp3) is 0.409. The number of halogens is 3. The molecule has 4 rings (SSSR count). The van der Waals surface area contributed by atoms with E-state index in [9.17, 15) is 18.0 Å². The lowest BCUT2D eigenvalue weighted by molar-refractivity contribution is -0.137. The van der Waals surface area contributed by atoms with Crippen LogP contribution in [-0.2, 0) is 27.1 Å². The molecule has 0 saturated carbocycles. The molecule has 2 atom stereocenters. The number of benzene rings is 1. The van der Waals surface area contributed by atoms with E-state index in [0.29, 0.717) is 43.7 Å². The van der Waals surface area contributed by atoms with Crippen molar-refractivity contribution in [1.82, 2.24) is 14.9 Å². The Labute approximate surface area is 188 Å². The third kappa shape index (κ3) is 5.79. The first-order valence-corrected chi connectivity index (χ1v) is 10.3. The highest BCUT2D eigenvalue weighted by atomic mass is 19.4. The number of nitrogens with zero attached hydrogens (tertiary/aromatic N) is 3. The first-order chi connectivity index (χ1) is 15.8. The second kappa shape index (κ2) is 9.75. The molecule has 0 spiro atoms. The summed E-state index contributed by atoms with van der Waals surface area (Å²) in [5.41, 5.74) is -0.133. The highest BCUT2D eigenvalue weighted by Gasteiger charge is 2.36. The maximum Gasteiger partial charge on any atom is 0.416 e. The van der Waals surface area contributed by atoms with Gasteiger partial charge in [-0.25, -0.2) is 4.98 Å². The predicted molar refractivity (Wildman–Crippen MR) is 111 cm³/mol. The van der Waals surface area contributed by atoms with Crippen LogP contribution < -0.4 is 10.1 Å². The monoisotopic (exact) mass is 464 g/mol. The number of carbonyl (C=O) groups excluding carboxylic acids is 1. The van der Waals surface area contributed by atoms with Crippen LogP contribution in [0.25, 0.3) is 0 Å². The van der Waals surface area contributed by atoms with Gasteiger partial charge in [0.15, 0.2) is 0 Å². The number of amides is 1. The minimum absolute atomic E-state index is 0.0419. The summed E-state index contributed by atoms with van der Waals surface area (Å²) in [7, 11) is 0. The lowest BCUT2D eigenvalue weighted by atomic mass is 10.1. The van der Waals surface area contributed by atoms with Crippen LogP contribution in [0.5, 0.6) is 5.88 Å². The molecule has 0 bridgehead atoms. The fourth-order valence-electron chi connectivity index (χ4n) is 3.48. The average molecular weight is 464 g/mol. The summed E-state index contributed by atoms with van der Waals surface area (Å²) in [6.07, 6.45) is -2.09. The van der Waals surface area contributed by atoms with Crippen molar-refractivity contribution in [2.75, 3.05) is 31.6 Å². The standard InChI is InChI=1S/C22H23F3N4O4/c1-2-20(30)29-9-17(27-21-26-8-7-19(28-21)33-16-12-31-13-16)18(10-29)32-11-14-3-5-15(6-4-14)22(23,24)25/h2-8,16-18H,1,9-13H2,(H,26,27,28)/t17-,18-/m1/s1. The van der Waals surface area contributed by atoms with Crippen molar-refractivity contribution in [3.8, 4) is 5.88 Å². The van der Waals surface area contributed by atoms with Gasteiger partial charge in [-0.05, 0) is 23.8 Å². The number of carbonyl (C=O) groups is 1. The van der Waals surface area contributed by atoms with Gasteiger partial charge in [-0.2, -0.15) is 18.2 Å². The fourth-order valence-corrected chi connectivity index (χ4v) is 3.48. The first kappa shape index (κ1) is 23.0. The number of ether oxygens (including phenoxy) is 3. The summed E-state index contributed by atoms with van der Waals surface area (Å²) in [6.45, 7) is 5.24. The topological polar surface area (TPSA) is 85.8 Å². The molecule has 0 radical (unpaired) electrons. The van der Waals surface area contributed by atoms with Crippen molar-refractivity contribution < 1.29 is 32.2 Å². The second-order valence-corrected chi connectivity index (χ2v) is 7.74. The molecule has 2 saturated heterocycles. The SMILES string of the molecule is C=CC(=O)N1C[C@@H](Nc2nccc(OC3COC3)n2)[C@H](OCc2ccc(C(F)(F)F)cc2)C1. The van der Waals surface area contributed by atoms with Gasteiger partial charge >= 0.3 is 6.18 Å². The number of alkyl halides is 3. The number of rotatable bonds is 8. The van der Waals surface area contributed by atoms with Gasteiger partial charge in [0.25, 0.3) is 0 Å². The quantitative estimate of drug-likeness (QED) is 0.602. The summed E-state index contributed by atoms with van der Waals surface area (Å²) >= 11 is 0. The Balaban J connectivity index is 1.41. The zero-order valence-electron chi connectivity index (χ0n) is 17.6. The van der Waals surface area contributed by atoms with Crippen LogP contribution in [0.3, 0.4) is 0 Å². The van der Waals surface area contributed by atoms with E-state index in [2.05, 4.69) is 21.9 Å². The third-order valence-corrected chi connectivity index (χ3v) is 5.34. The van der Waals surface area contributed by atoms with Gasteiger partial charge in [-0.3, -0.25) is 4.79 Å². The molecule has 3 heterocycles. The zero-order chi connectivity index (χ0) is 23.4. The number of nitrogens with one attached hydrogen (secondary N) is 1. The Morgan fingerprint density at radius 1 is 1.24 bits per heavy atom.